The van der Waals surface area contributed by atoms with E-state index in [1.807, 2.05) is 6.92 Å². The van der Waals surface area contributed by atoms with Crippen molar-refractivity contribution in [3.05, 3.63) is 35.4 Å². The number of benzene rings is 1. The number of carbonyl (C=O) groups is 2. The number of nitrogens with two attached hydrogens (primary N) is 1. The van der Waals surface area contributed by atoms with E-state index in [4.69, 9.17) is 10.5 Å². The Labute approximate surface area is 124 Å². The zero-order valence-corrected chi connectivity index (χ0v) is 12.2. The van der Waals surface area contributed by atoms with Gasteiger partial charge in [-0.1, -0.05) is 25.5 Å². The van der Waals surface area contributed by atoms with Gasteiger partial charge >= 0.3 is 6.09 Å². The fraction of sp³-hybridized carbons (Fsp3) is 0.467. The fourth-order valence-corrected chi connectivity index (χ4v) is 1.77. The predicted molar refractivity (Wildman–Crippen MR) is 78.9 cm³/mol. The minimum atomic E-state index is -0.531. The molecule has 0 bridgehead atoms. The highest BCUT2D eigenvalue weighted by Crippen LogP contribution is 2.07. The molecule has 1 atom stereocenters. The van der Waals surface area contributed by atoms with Crippen molar-refractivity contribution in [1.29, 1.82) is 0 Å². The van der Waals surface area contributed by atoms with Crippen LogP contribution in [0.4, 0.5) is 4.79 Å². The number of unbranched alkanes of at least 4 members (excludes halogenated alkanes) is 1. The van der Waals surface area contributed by atoms with Gasteiger partial charge in [-0.05, 0) is 30.5 Å². The van der Waals surface area contributed by atoms with Crippen LogP contribution in [0.3, 0.4) is 0 Å². The van der Waals surface area contributed by atoms with Crippen LogP contribution in [0.25, 0.3) is 0 Å². The molecule has 21 heavy (non-hydrogen) atoms. The van der Waals surface area contributed by atoms with Crippen LogP contribution in [0.2, 0.25) is 0 Å². The first-order valence-corrected chi connectivity index (χ1v) is 6.99. The summed E-state index contributed by atoms with van der Waals surface area (Å²) in [6, 6.07) is 6.29. The van der Waals surface area contributed by atoms with Crippen LogP contribution in [0.1, 0.15) is 35.7 Å². The number of hydrogen-bond acceptors (Lipinski definition) is 4. The normalized spacial score (nSPS) is 11.7. The standard InChI is InChI=1S/C15H22N2O4/c1-2-3-8-21-15(20)17-13(10-18)9-11-4-6-12(7-5-11)14(16)19/h4-7,13,18H,2-3,8-10H2,1H3,(H2,16,19)(H,17,20)/t13-/m0/s1. The summed E-state index contributed by atoms with van der Waals surface area (Å²) in [5, 5.41) is 11.9. The van der Waals surface area contributed by atoms with Gasteiger partial charge in [0.2, 0.25) is 5.91 Å². The molecule has 4 N–H and O–H groups in total. The van der Waals surface area contributed by atoms with Crippen molar-refractivity contribution >= 4 is 12.0 Å². The number of rotatable bonds is 8. The fourth-order valence-electron chi connectivity index (χ4n) is 1.77. The molecule has 0 fully saturated rings. The first-order chi connectivity index (χ1) is 10.1. The molecule has 0 aliphatic carbocycles. The van der Waals surface area contributed by atoms with E-state index >= 15 is 0 Å². The monoisotopic (exact) mass is 294 g/mol. The Bertz CT molecular complexity index is 459. The molecule has 0 saturated heterocycles. The highest BCUT2D eigenvalue weighted by atomic mass is 16.5. The van der Waals surface area contributed by atoms with E-state index in [-0.39, 0.29) is 6.61 Å². The topological polar surface area (TPSA) is 102 Å². The summed E-state index contributed by atoms with van der Waals surface area (Å²) in [5.41, 5.74) is 6.47. The van der Waals surface area contributed by atoms with Crippen LogP contribution in [0, 0.1) is 0 Å². The summed E-state index contributed by atoms with van der Waals surface area (Å²) in [4.78, 5) is 22.5. The van der Waals surface area contributed by atoms with Crippen molar-refractivity contribution in [1.82, 2.24) is 5.32 Å². The van der Waals surface area contributed by atoms with E-state index in [0.29, 0.717) is 18.6 Å². The molecule has 1 rings (SSSR count). The van der Waals surface area contributed by atoms with Crippen molar-refractivity contribution in [2.24, 2.45) is 5.73 Å². The van der Waals surface area contributed by atoms with Crippen molar-refractivity contribution in [3.8, 4) is 0 Å². The summed E-state index contributed by atoms with van der Waals surface area (Å²) in [6.07, 6.45) is 1.67. The number of alkyl carbamates (subject to hydrolysis) is 1. The highest BCUT2D eigenvalue weighted by Gasteiger charge is 2.13. The molecule has 0 aliphatic rings. The van der Waals surface area contributed by atoms with E-state index in [9.17, 15) is 14.7 Å². The molecular formula is C15H22N2O4. The molecule has 0 radical (unpaired) electrons. The van der Waals surface area contributed by atoms with Crippen LogP contribution in [0.5, 0.6) is 0 Å². The van der Waals surface area contributed by atoms with E-state index in [1.165, 1.54) is 0 Å². The molecule has 0 heterocycles. The van der Waals surface area contributed by atoms with Crippen LogP contribution in [0.15, 0.2) is 24.3 Å². The summed E-state index contributed by atoms with van der Waals surface area (Å²) in [7, 11) is 0. The Hall–Kier alpha value is -2.08. The largest absolute Gasteiger partial charge is 0.450 e. The highest BCUT2D eigenvalue weighted by molar-refractivity contribution is 5.92. The number of aliphatic hydroxyl groups excluding tert-OH is 1. The van der Waals surface area contributed by atoms with Gasteiger partial charge in [0, 0.05) is 5.56 Å². The maximum atomic E-state index is 11.5. The second-order valence-corrected chi connectivity index (χ2v) is 4.78. The smallest absolute Gasteiger partial charge is 0.407 e. The van der Waals surface area contributed by atoms with E-state index in [0.717, 1.165) is 18.4 Å². The lowest BCUT2D eigenvalue weighted by atomic mass is 10.0. The van der Waals surface area contributed by atoms with Crippen LogP contribution >= 0.6 is 0 Å². The number of amides is 2. The van der Waals surface area contributed by atoms with Crippen LogP contribution in [-0.4, -0.2) is 36.4 Å². The van der Waals surface area contributed by atoms with Crippen molar-refractivity contribution < 1.29 is 19.4 Å². The molecule has 6 nitrogen and oxygen atoms in total. The molecule has 6 heteroatoms. The second-order valence-electron chi connectivity index (χ2n) is 4.78. The second kappa shape index (κ2) is 8.97. The van der Waals surface area contributed by atoms with Gasteiger partial charge in [-0.2, -0.15) is 0 Å². The van der Waals surface area contributed by atoms with Gasteiger partial charge in [-0.3, -0.25) is 4.79 Å². The molecule has 0 aliphatic heterocycles. The first-order valence-electron chi connectivity index (χ1n) is 6.99. The average Bonchev–Trinajstić information content (AvgIpc) is 2.47. The summed E-state index contributed by atoms with van der Waals surface area (Å²) >= 11 is 0. The van der Waals surface area contributed by atoms with Gasteiger partial charge in [-0.15, -0.1) is 0 Å². The van der Waals surface area contributed by atoms with Gasteiger partial charge in [0.15, 0.2) is 0 Å². The Morgan fingerprint density at radius 2 is 2.00 bits per heavy atom. The van der Waals surface area contributed by atoms with E-state index < -0.39 is 18.0 Å². The lowest BCUT2D eigenvalue weighted by Gasteiger charge is -2.16. The van der Waals surface area contributed by atoms with Gasteiger partial charge in [-0.25, -0.2) is 4.79 Å². The molecule has 0 unspecified atom stereocenters. The zero-order valence-electron chi connectivity index (χ0n) is 12.2. The minimum absolute atomic E-state index is 0.194. The molecule has 0 spiro atoms. The lowest BCUT2D eigenvalue weighted by molar-refractivity contribution is 0.1000. The van der Waals surface area contributed by atoms with Gasteiger partial charge in [0.1, 0.15) is 0 Å². The third-order valence-corrected chi connectivity index (χ3v) is 2.99. The first kappa shape index (κ1) is 17.0. The summed E-state index contributed by atoms with van der Waals surface area (Å²) < 4.78 is 4.98. The number of aliphatic hydroxyl groups is 1. The maximum absolute atomic E-state index is 11.5. The van der Waals surface area contributed by atoms with E-state index in [2.05, 4.69) is 5.32 Å². The van der Waals surface area contributed by atoms with Crippen molar-refractivity contribution in [3.63, 3.8) is 0 Å². The van der Waals surface area contributed by atoms with Crippen LogP contribution in [-0.2, 0) is 11.2 Å². The SMILES string of the molecule is CCCCOC(=O)N[C@H](CO)Cc1ccc(C(N)=O)cc1. The molecule has 0 aromatic heterocycles. The van der Waals surface area contributed by atoms with E-state index in [1.54, 1.807) is 24.3 Å². The minimum Gasteiger partial charge on any atom is -0.450 e. The Morgan fingerprint density at radius 3 is 2.52 bits per heavy atom. The maximum Gasteiger partial charge on any atom is 0.407 e. The van der Waals surface area contributed by atoms with Crippen molar-refractivity contribution in [2.45, 2.75) is 32.2 Å². The summed E-state index contributed by atoms with van der Waals surface area (Å²) in [5.74, 6) is -0.488. The quantitative estimate of drug-likeness (QED) is 0.627. The van der Waals surface area contributed by atoms with Crippen molar-refractivity contribution in [2.75, 3.05) is 13.2 Å². The molecular weight excluding hydrogens is 272 g/mol. The molecule has 1 aromatic rings. The lowest BCUT2D eigenvalue weighted by Crippen LogP contribution is -2.39. The van der Waals surface area contributed by atoms with Gasteiger partial charge in [0.05, 0.1) is 19.3 Å². The Morgan fingerprint density at radius 1 is 1.33 bits per heavy atom. The Balaban J connectivity index is 2.49. The Kier molecular flexibility index (Phi) is 7.25. The molecule has 0 saturated carbocycles. The number of hydrogen-bond donors (Lipinski definition) is 3. The zero-order chi connectivity index (χ0) is 15.7. The number of primary amides is 1. The number of nitrogens with one attached hydrogen (secondary N) is 1. The number of ether oxygens (including phenoxy) is 1. The third-order valence-electron chi connectivity index (χ3n) is 2.99. The van der Waals surface area contributed by atoms with Crippen LogP contribution < -0.4 is 11.1 Å². The third kappa shape index (κ3) is 6.27. The molecule has 2 amide bonds. The molecule has 116 valence electrons. The number of carbonyl (C=O) groups excluding carboxylic acids is 2. The molecule has 1 aromatic carbocycles. The van der Waals surface area contributed by atoms with Gasteiger partial charge < -0.3 is 20.9 Å². The summed E-state index contributed by atoms with van der Waals surface area (Å²) in [6.45, 7) is 2.18. The average molecular weight is 294 g/mol. The van der Waals surface area contributed by atoms with Gasteiger partial charge in [0.25, 0.3) is 0 Å². The predicted octanol–water partition coefficient (Wildman–Crippen LogP) is 1.22.